The number of rotatable bonds is 4. The molecule has 1 aliphatic heterocycles. The molecule has 0 amide bonds. The summed E-state index contributed by atoms with van der Waals surface area (Å²) >= 11 is 0. The van der Waals surface area contributed by atoms with Crippen LogP contribution in [0.1, 0.15) is 72.8 Å². The maximum absolute atomic E-state index is 6.13. The predicted octanol–water partition coefficient (Wildman–Crippen LogP) is 3.32. The fraction of sp³-hybridized carbons (Fsp3) is 0.824. The summed E-state index contributed by atoms with van der Waals surface area (Å²) in [6.07, 6.45) is 10.6. The molecule has 22 heavy (non-hydrogen) atoms. The van der Waals surface area contributed by atoms with Gasteiger partial charge in [0.05, 0.1) is 17.2 Å². The Kier molecular flexibility index (Phi) is 4.15. The standard InChI is InChI=1S/C17H29BN2O2/c1-6-15(13-9-7-8-10-13)20-12-14(11-19-20)18-21-16(2,3)17(4,5)22-18/h11-13,15H,6-10H2,1-5H3. The Balaban J connectivity index is 1.76. The molecule has 3 rings (SSSR count). The zero-order chi connectivity index (χ0) is 16.0. The van der Waals surface area contributed by atoms with Gasteiger partial charge in [-0.25, -0.2) is 0 Å². The molecule has 2 fully saturated rings. The number of hydrogen-bond acceptors (Lipinski definition) is 3. The van der Waals surface area contributed by atoms with Gasteiger partial charge >= 0.3 is 7.12 Å². The molecule has 4 nitrogen and oxygen atoms in total. The van der Waals surface area contributed by atoms with E-state index in [1.807, 2.05) is 6.20 Å². The lowest BCUT2D eigenvalue weighted by atomic mass is 9.82. The summed E-state index contributed by atoms with van der Waals surface area (Å²) in [5, 5.41) is 4.63. The van der Waals surface area contributed by atoms with Crippen LogP contribution in [0.25, 0.3) is 0 Å². The average Bonchev–Trinajstić information content (AvgIpc) is 3.12. The summed E-state index contributed by atoms with van der Waals surface area (Å²) in [6, 6.07) is 0.513. The van der Waals surface area contributed by atoms with Gasteiger partial charge in [-0.05, 0) is 52.9 Å². The third-order valence-electron chi connectivity index (χ3n) is 5.85. The molecule has 2 heterocycles. The molecule has 1 saturated carbocycles. The van der Waals surface area contributed by atoms with Gasteiger partial charge in [0.2, 0.25) is 0 Å². The Bertz CT molecular complexity index is 504. The van der Waals surface area contributed by atoms with Crippen molar-refractivity contribution >= 4 is 12.6 Å². The van der Waals surface area contributed by atoms with Gasteiger partial charge in [-0.3, -0.25) is 4.68 Å². The summed E-state index contributed by atoms with van der Waals surface area (Å²) in [5.74, 6) is 0.774. The van der Waals surface area contributed by atoms with Crippen molar-refractivity contribution < 1.29 is 9.31 Å². The van der Waals surface area contributed by atoms with Crippen LogP contribution in [0.3, 0.4) is 0 Å². The second kappa shape index (κ2) is 5.68. The minimum absolute atomic E-state index is 0.296. The van der Waals surface area contributed by atoms with E-state index in [2.05, 4.69) is 50.6 Å². The fourth-order valence-corrected chi connectivity index (χ4v) is 3.71. The van der Waals surface area contributed by atoms with Crippen molar-refractivity contribution in [2.24, 2.45) is 5.92 Å². The van der Waals surface area contributed by atoms with Gasteiger partial charge in [0, 0.05) is 17.9 Å². The molecule has 1 aliphatic carbocycles. The van der Waals surface area contributed by atoms with Crippen molar-refractivity contribution in [1.29, 1.82) is 0 Å². The molecule has 1 aromatic heterocycles. The number of hydrogen-bond donors (Lipinski definition) is 0. The van der Waals surface area contributed by atoms with E-state index in [-0.39, 0.29) is 18.3 Å². The minimum Gasteiger partial charge on any atom is -0.399 e. The van der Waals surface area contributed by atoms with Gasteiger partial charge in [0.25, 0.3) is 0 Å². The van der Waals surface area contributed by atoms with Crippen LogP contribution in [0.5, 0.6) is 0 Å². The Hall–Kier alpha value is -0.805. The van der Waals surface area contributed by atoms with Crippen LogP contribution < -0.4 is 5.46 Å². The molecule has 0 N–H and O–H groups in total. The van der Waals surface area contributed by atoms with E-state index in [1.165, 1.54) is 25.7 Å². The molecule has 1 saturated heterocycles. The molecular weight excluding hydrogens is 275 g/mol. The molecular formula is C17H29BN2O2. The molecule has 1 unspecified atom stereocenters. The van der Waals surface area contributed by atoms with Crippen molar-refractivity contribution in [2.75, 3.05) is 0 Å². The maximum Gasteiger partial charge on any atom is 0.498 e. The molecule has 2 aliphatic rings. The zero-order valence-electron chi connectivity index (χ0n) is 14.6. The van der Waals surface area contributed by atoms with E-state index in [0.717, 1.165) is 17.8 Å². The van der Waals surface area contributed by atoms with Gasteiger partial charge in [-0.2, -0.15) is 5.10 Å². The molecule has 1 atom stereocenters. The highest BCUT2D eigenvalue weighted by Crippen LogP contribution is 2.37. The Morgan fingerprint density at radius 2 is 1.82 bits per heavy atom. The van der Waals surface area contributed by atoms with Crippen LogP contribution in [0.2, 0.25) is 0 Å². The fourth-order valence-electron chi connectivity index (χ4n) is 3.71. The quantitative estimate of drug-likeness (QED) is 0.801. The maximum atomic E-state index is 6.13. The number of aromatic nitrogens is 2. The van der Waals surface area contributed by atoms with Crippen molar-refractivity contribution in [3.63, 3.8) is 0 Å². The largest absolute Gasteiger partial charge is 0.498 e. The van der Waals surface area contributed by atoms with Crippen LogP contribution in [0.15, 0.2) is 12.4 Å². The van der Waals surface area contributed by atoms with Gasteiger partial charge in [0.15, 0.2) is 0 Å². The first-order valence-electron chi connectivity index (χ1n) is 8.74. The van der Waals surface area contributed by atoms with Crippen molar-refractivity contribution in [1.82, 2.24) is 9.78 Å². The number of nitrogens with zero attached hydrogens (tertiary/aromatic N) is 2. The van der Waals surface area contributed by atoms with E-state index < -0.39 is 0 Å². The molecule has 0 aromatic carbocycles. The summed E-state index contributed by atoms with van der Waals surface area (Å²) in [7, 11) is -0.306. The van der Waals surface area contributed by atoms with Crippen molar-refractivity contribution in [3.8, 4) is 0 Å². The molecule has 0 spiro atoms. The Morgan fingerprint density at radius 3 is 2.36 bits per heavy atom. The lowest BCUT2D eigenvalue weighted by Gasteiger charge is -2.32. The van der Waals surface area contributed by atoms with Crippen LogP contribution in [0, 0.1) is 5.92 Å². The van der Waals surface area contributed by atoms with Crippen LogP contribution in [0.4, 0.5) is 0 Å². The summed E-state index contributed by atoms with van der Waals surface area (Å²) < 4.78 is 14.4. The second-order valence-corrected chi connectivity index (χ2v) is 7.86. The summed E-state index contributed by atoms with van der Waals surface area (Å²) in [4.78, 5) is 0. The summed E-state index contributed by atoms with van der Waals surface area (Å²) in [5.41, 5.74) is 0.445. The first-order chi connectivity index (χ1) is 10.3. The molecule has 5 heteroatoms. The van der Waals surface area contributed by atoms with Gasteiger partial charge in [-0.1, -0.05) is 19.8 Å². The van der Waals surface area contributed by atoms with E-state index in [0.29, 0.717) is 6.04 Å². The van der Waals surface area contributed by atoms with Crippen molar-refractivity contribution in [3.05, 3.63) is 12.4 Å². The van der Waals surface area contributed by atoms with Crippen molar-refractivity contribution in [2.45, 2.75) is 84.0 Å². The predicted molar refractivity (Wildman–Crippen MR) is 89.2 cm³/mol. The van der Waals surface area contributed by atoms with Crippen LogP contribution in [-0.4, -0.2) is 28.1 Å². The normalized spacial score (nSPS) is 25.8. The summed E-state index contributed by atoms with van der Waals surface area (Å²) in [6.45, 7) is 10.6. The highest BCUT2D eigenvalue weighted by molar-refractivity contribution is 6.61. The topological polar surface area (TPSA) is 36.3 Å². The SMILES string of the molecule is CCC(C1CCCC1)n1cc(B2OC(C)(C)C(C)(C)O2)cn1. The van der Waals surface area contributed by atoms with Crippen LogP contribution >= 0.6 is 0 Å². The van der Waals surface area contributed by atoms with E-state index >= 15 is 0 Å². The Morgan fingerprint density at radius 1 is 1.23 bits per heavy atom. The van der Waals surface area contributed by atoms with Gasteiger partial charge in [0.1, 0.15) is 0 Å². The second-order valence-electron chi connectivity index (χ2n) is 7.86. The smallest absolute Gasteiger partial charge is 0.399 e. The first-order valence-corrected chi connectivity index (χ1v) is 8.74. The first kappa shape index (κ1) is 16.1. The van der Waals surface area contributed by atoms with E-state index in [4.69, 9.17) is 9.31 Å². The van der Waals surface area contributed by atoms with E-state index in [9.17, 15) is 0 Å². The van der Waals surface area contributed by atoms with Gasteiger partial charge < -0.3 is 9.31 Å². The monoisotopic (exact) mass is 304 g/mol. The average molecular weight is 304 g/mol. The third-order valence-corrected chi connectivity index (χ3v) is 5.85. The van der Waals surface area contributed by atoms with E-state index in [1.54, 1.807) is 0 Å². The molecule has 122 valence electrons. The molecule has 1 aromatic rings. The van der Waals surface area contributed by atoms with Gasteiger partial charge in [-0.15, -0.1) is 0 Å². The highest BCUT2D eigenvalue weighted by atomic mass is 16.7. The Labute approximate surface area is 134 Å². The molecule has 0 bridgehead atoms. The molecule has 0 radical (unpaired) electrons. The minimum atomic E-state index is -0.306. The highest BCUT2D eigenvalue weighted by Gasteiger charge is 2.52. The lowest BCUT2D eigenvalue weighted by molar-refractivity contribution is 0.00578. The van der Waals surface area contributed by atoms with Crippen LogP contribution in [-0.2, 0) is 9.31 Å². The third kappa shape index (κ3) is 2.74. The zero-order valence-corrected chi connectivity index (χ0v) is 14.6. The lowest BCUT2D eigenvalue weighted by Crippen LogP contribution is -2.41.